The van der Waals surface area contributed by atoms with Gasteiger partial charge in [-0.25, -0.2) is 0 Å². The van der Waals surface area contributed by atoms with Crippen LogP contribution in [-0.4, -0.2) is 16.8 Å². The average Bonchev–Trinajstić information content (AvgIpc) is 3.05. The summed E-state index contributed by atoms with van der Waals surface area (Å²) in [5.41, 5.74) is 14.6. The minimum atomic E-state index is 0. The van der Waals surface area contributed by atoms with E-state index in [0.29, 0.717) is 22.6 Å². The molecule has 0 aliphatic carbocycles. The second kappa shape index (κ2) is 6.97. The molecular weight excluding hydrogens is 326 g/mol. The van der Waals surface area contributed by atoms with Gasteiger partial charge in [-0.15, -0.1) is 12.4 Å². The third kappa shape index (κ3) is 3.44. The van der Waals surface area contributed by atoms with E-state index in [9.17, 15) is 0 Å². The Labute approximate surface area is 144 Å². The third-order valence-electron chi connectivity index (χ3n) is 3.46. The van der Waals surface area contributed by atoms with Crippen molar-refractivity contribution in [3.05, 3.63) is 65.7 Å². The molecule has 1 heterocycles. The molecule has 0 bridgehead atoms. The summed E-state index contributed by atoms with van der Waals surface area (Å²) in [5, 5.41) is 19.0. The number of halogens is 1. The topological polar surface area (TPSA) is 126 Å². The normalized spacial score (nSPS) is 10.0. The van der Waals surface area contributed by atoms with Gasteiger partial charge in [0, 0.05) is 28.3 Å². The van der Waals surface area contributed by atoms with E-state index in [1.165, 1.54) is 0 Å². The van der Waals surface area contributed by atoms with E-state index in [4.69, 9.17) is 26.8 Å². The summed E-state index contributed by atoms with van der Waals surface area (Å²) >= 11 is 0. The van der Waals surface area contributed by atoms with Crippen molar-refractivity contribution >= 4 is 24.1 Å². The van der Waals surface area contributed by atoms with Crippen molar-refractivity contribution in [3.8, 4) is 22.6 Å². The molecule has 0 aliphatic heterocycles. The summed E-state index contributed by atoms with van der Waals surface area (Å²) < 4.78 is 5.39. The molecule has 0 unspecified atom stereocenters. The van der Waals surface area contributed by atoms with Crippen molar-refractivity contribution in [2.75, 3.05) is 0 Å². The first kappa shape index (κ1) is 17.2. The minimum Gasteiger partial charge on any atom is -0.384 e. The van der Waals surface area contributed by atoms with E-state index in [1.54, 1.807) is 24.3 Å². The number of rotatable bonds is 4. The number of benzene rings is 2. The lowest BCUT2D eigenvalue weighted by Gasteiger charge is -2.00. The first-order valence-corrected chi connectivity index (χ1v) is 6.91. The Kier molecular flexibility index (Phi) is 5.01. The van der Waals surface area contributed by atoms with Crippen LogP contribution >= 0.6 is 12.4 Å². The summed E-state index contributed by atoms with van der Waals surface area (Å²) in [5.74, 6) is 0.628. The molecular formula is C17H16ClN5O. The zero-order chi connectivity index (χ0) is 16.4. The molecule has 0 aliphatic rings. The van der Waals surface area contributed by atoms with Crippen LogP contribution in [0.5, 0.6) is 0 Å². The SMILES string of the molecule is Cl.N=C(N)c1ccc(-c2cc(-c3cccc(C(=N)N)c3)on2)cc1. The quantitative estimate of drug-likeness (QED) is 0.429. The standard InChI is InChI=1S/C17H15N5O.ClH/c18-16(19)11-6-4-10(5-7-11)14-9-15(23-22-14)12-2-1-3-13(8-12)17(20)21;/h1-9H,(H3,18,19)(H3,20,21);1H. The summed E-state index contributed by atoms with van der Waals surface area (Å²) in [4.78, 5) is 0. The molecule has 2 aromatic carbocycles. The fourth-order valence-electron chi connectivity index (χ4n) is 2.21. The summed E-state index contributed by atoms with van der Waals surface area (Å²) in [6.45, 7) is 0. The highest BCUT2D eigenvalue weighted by Gasteiger charge is 2.10. The van der Waals surface area contributed by atoms with Gasteiger partial charge in [-0.3, -0.25) is 10.8 Å². The molecule has 3 aromatic rings. The Morgan fingerprint density at radius 1 is 0.833 bits per heavy atom. The fourth-order valence-corrected chi connectivity index (χ4v) is 2.21. The maximum absolute atomic E-state index is 7.49. The molecule has 1 aromatic heterocycles. The molecule has 0 saturated carbocycles. The summed E-state index contributed by atoms with van der Waals surface area (Å²) in [6, 6.07) is 16.3. The number of nitrogens with zero attached hydrogens (tertiary/aromatic N) is 1. The van der Waals surface area contributed by atoms with Crippen LogP contribution in [-0.2, 0) is 0 Å². The fraction of sp³-hybridized carbons (Fsp3) is 0. The van der Waals surface area contributed by atoms with Gasteiger partial charge in [0.2, 0.25) is 0 Å². The number of hydrogen-bond acceptors (Lipinski definition) is 4. The van der Waals surface area contributed by atoms with Crippen LogP contribution in [0.15, 0.2) is 59.1 Å². The van der Waals surface area contributed by atoms with E-state index in [1.807, 2.05) is 30.3 Å². The Morgan fingerprint density at radius 2 is 1.50 bits per heavy atom. The third-order valence-corrected chi connectivity index (χ3v) is 3.46. The number of nitrogen functional groups attached to an aromatic ring is 2. The molecule has 24 heavy (non-hydrogen) atoms. The first-order valence-electron chi connectivity index (χ1n) is 6.91. The highest BCUT2D eigenvalue weighted by Crippen LogP contribution is 2.26. The predicted molar refractivity (Wildman–Crippen MR) is 96.7 cm³/mol. The molecule has 6 N–H and O–H groups in total. The molecule has 0 fully saturated rings. The van der Waals surface area contributed by atoms with Crippen molar-refractivity contribution in [2.24, 2.45) is 11.5 Å². The van der Waals surface area contributed by atoms with Crippen molar-refractivity contribution in [1.29, 1.82) is 10.8 Å². The van der Waals surface area contributed by atoms with E-state index in [2.05, 4.69) is 5.16 Å². The number of nitrogens with two attached hydrogens (primary N) is 2. The molecule has 0 amide bonds. The van der Waals surface area contributed by atoms with Crippen molar-refractivity contribution in [2.45, 2.75) is 0 Å². The van der Waals surface area contributed by atoms with Gasteiger partial charge in [0.1, 0.15) is 17.4 Å². The Bertz CT molecular complexity index is 886. The molecule has 0 radical (unpaired) electrons. The molecule has 122 valence electrons. The molecule has 7 heteroatoms. The molecule has 0 saturated heterocycles. The maximum atomic E-state index is 7.49. The van der Waals surface area contributed by atoms with Crippen molar-refractivity contribution in [1.82, 2.24) is 5.16 Å². The van der Waals surface area contributed by atoms with Crippen LogP contribution < -0.4 is 11.5 Å². The zero-order valence-corrected chi connectivity index (χ0v) is 13.4. The summed E-state index contributed by atoms with van der Waals surface area (Å²) in [7, 11) is 0. The van der Waals surface area contributed by atoms with Gasteiger partial charge < -0.3 is 16.0 Å². The van der Waals surface area contributed by atoms with Crippen molar-refractivity contribution < 1.29 is 4.52 Å². The van der Waals surface area contributed by atoms with E-state index < -0.39 is 0 Å². The number of amidine groups is 2. The summed E-state index contributed by atoms with van der Waals surface area (Å²) in [6.07, 6.45) is 0. The smallest absolute Gasteiger partial charge is 0.167 e. The van der Waals surface area contributed by atoms with Gasteiger partial charge in [-0.1, -0.05) is 47.6 Å². The van der Waals surface area contributed by atoms with Gasteiger partial charge in [-0.2, -0.15) is 0 Å². The van der Waals surface area contributed by atoms with Gasteiger partial charge in [0.25, 0.3) is 0 Å². The highest BCUT2D eigenvalue weighted by atomic mass is 35.5. The Morgan fingerprint density at radius 3 is 2.12 bits per heavy atom. The number of nitrogens with one attached hydrogen (secondary N) is 2. The molecule has 0 spiro atoms. The van der Waals surface area contributed by atoms with E-state index >= 15 is 0 Å². The van der Waals surface area contributed by atoms with Gasteiger partial charge in [-0.05, 0) is 6.07 Å². The zero-order valence-electron chi connectivity index (χ0n) is 12.6. The van der Waals surface area contributed by atoms with E-state index in [-0.39, 0.29) is 24.1 Å². The second-order valence-electron chi connectivity index (χ2n) is 5.06. The van der Waals surface area contributed by atoms with Crippen LogP contribution in [0.2, 0.25) is 0 Å². The molecule has 3 rings (SSSR count). The Hall–Kier alpha value is -3.12. The lowest BCUT2D eigenvalue weighted by Crippen LogP contribution is -2.10. The maximum Gasteiger partial charge on any atom is 0.167 e. The number of aromatic nitrogens is 1. The lowest BCUT2D eigenvalue weighted by molar-refractivity contribution is 0.435. The largest absolute Gasteiger partial charge is 0.384 e. The van der Waals surface area contributed by atoms with E-state index in [0.717, 1.165) is 11.1 Å². The van der Waals surface area contributed by atoms with Gasteiger partial charge in [0.05, 0.1) is 0 Å². The van der Waals surface area contributed by atoms with Gasteiger partial charge >= 0.3 is 0 Å². The average molecular weight is 342 g/mol. The Balaban J connectivity index is 0.00000208. The van der Waals surface area contributed by atoms with Crippen LogP contribution in [0.1, 0.15) is 11.1 Å². The minimum absolute atomic E-state index is 0. The van der Waals surface area contributed by atoms with Crippen LogP contribution in [0, 0.1) is 10.8 Å². The van der Waals surface area contributed by atoms with Crippen LogP contribution in [0.4, 0.5) is 0 Å². The molecule has 6 nitrogen and oxygen atoms in total. The lowest BCUT2D eigenvalue weighted by atomic mass is 10.1. The first-order chi connectivity index (χ1) is 11.0. The van der Waals surface area contributed by atoms with Crippen LogP contribution in [0.3, 0.4) is 0 Å². The van der Waals surface area contributed by atoms with Crippen molar-refractivity contribution in [3.63, 3.8) is 0 Å². The highest BCUT2D eigenvalue weighted by molar-refractivity contribution is 5.96. The predicted octanol–water partition coefficient (Wildman–Crippen LogP) is 3.00. The number of hydrogen-bond donors (Lipinski definition) is 4. The molecule has 0 atom stereocenters. The monoisotopic (exact) mass is 341 g/mol. The van der Waals surface area contributed by atoms with Gasteiger partial charge in [0.15, 0.2) is 5.76 Å². The second-order valence-corrected chi connectivity index (χ2v) is 5.06. The van der Waals surface area contributed by atoms with Crippen LogP contribution in [0.25, 0.3) is 22.6 Å².